The molecule has 0 rings (SSSR count). The number of halogens is 3. The van der Waals surface area contributed by atoms with Crippen LogP contribution in [0.5, 0.6) is 0 Å². The number of unbranched alkanes of at least 4 members (excludes halogenated alkanes) is 15. The summed E-state index contributed by atoms with van der Waals surface area (Å²) in [7, 11) is 0. The van der Waals surface area contributed by atoms with Crippen LogP contribution in [0.15, 0.2) is 12.2 Å². The van der Waals surface area contributed by atoms with Crippen LogP contribution in [-0.4, -0.2) is 13.8 Å². The second-order valence-electron chi connectivity index (χ2n) is 8.03. The molecule has 0 aliphatic heterocycles. The van der Waals surface area contributed by atoms with Gasteiger partial charge in [0.25, 0.3) is 0.564 Å². The van der Waals surface area contributed by atoms with Gasteiger partial charge in [-0.1, -0.05) is 174 Å². The Hall–Kier alpha value is 2.11. The fourth-order valence-corrected chi connectivity index (χ4v) is 7.33. The van der Waals surface area contributed by atoms with Crippen molar-refractivity contribution < 1.29 is 4.74 Å². The fraction of sp³-hybridized carbons (Fsp3) is 0.909. The Balaban J connectivity index is 3.04. The molecule has 27 heavy (non-hydrogen) atoms. The molecular formula is C22H43I3OSi. The summed E-state index contributed by atoms with van der Waals surface area (Å²) in [6.07, 6.45) is 22.9. The maximum atomic E-state index is 5.53. The number of rotatable bonds is 21. The van der Waals surface area contributed by atoms with Crippen molar-refractivity contribution in [2.24, 2.45) is 0 Å². The van der Waals surface area contributed by atoms with E-state index in [-0.39, 0.29) is 0 Å². The molecule has 0 aliphatic rings. The van der Waals surface area contributed by atoms with Crippen LogP contribution in [0, 0.1) is 0 Å². The van der Waals surface area contributed by atoms with Gasteiger partial charge in [-0.15, -0.1) is 0 Å². The zero-order chi connectivity index (χ0) is 20.2. The summed E-state index contributed by atoms with van der Waals surface area (Å²) in [4.78, 5) is 0. The molecule has 1 nitrogen and oxygen atoms in total. The van der Waals surface area contributed by atoms with E-state index in [0.29, 0.717) is 0 Å². The fourth-order valence-electron chi connectivity index (χ4n) is 3.25. The van der Waals surface area contributed by atoms with Crippen LogP contribution in [0.4, 0.5) is 0 Å². The second kappa shape index (κ2) is 21.3. The molecule has 0 amide bonds. The molecule has 0 spiro atoms. The van der Waals surface area contributed by atoms with Crippen molar-refractivity contribution in [1.29, 1.82) is 0 Å². The van der Waals surface area contributed by atoms with E-state index in [1.54, 1.807) is 0 Å². The summed E-state index contributed by atoms with van der Waals surface area (Å²) < 4.78 is 4.66. The first-order chi connectivity index (χ1) is 12.9. The largest absolute Gasteiger partial charge is 0.377 e. The van der Waals surface area contributed by atoms with Crippen molar-refractivity contribution in [2.75, 3.05) is 13.2 Å². The van der Waals surface area contributed by atoms with Gasteiger partial charge in [0.05, 0.1) is 6.61 Å². The molecule has 0 saturated carbocycles. The molecule has 0 fully saturated rings. The molecular weight excluding hydrogens is 689 g/mol. The van der Waals surface area contributed by atoms with Gasteiger partial charge >= 0.3 is 0 Å². The van der Waals surface area contributed by atoms with Crippen LogP contribution in [0.1, 0.15) is 110 Å². The van der Waals surface area contributed by atoms with Crippen molar-refractivity contribution in [1.82, 2.24) is 0 Å². The molecule has 0 aliphatic carbocycles. The van der Waals surface area contributed by atoms with Crippen LogP contribution in [0.3, 0.4) is 0 Å². The van der Waals surface area contributed by atoms with Crippen LogP contribution in [0.25, 0.3) is 0 Å². The Kier molecular flexibility index (Phi) is 23.0. The molecule has 0 N–H and O–H groups in total. The molecule has 0 bridgehead atoms. The first kappa shape index (κ1) is 29.1. The van der Waals surface area contributed by atoms with Gasteiger partial charge in [-0.2, -0.15) is 0 Å². The summed E-state index contributed by atoms with van der Waals surface area (Å²) in [5, 5.41) is 0. The maximum Gasteiger partial charge on any atom is 0.253 e. The average Bonchev–Trinajstić information content (AvgIpc) is 2.58. The van der Waals surface area contributed by atoms with Gasteiger partial charge < -0.3 is 4.74 Å². The lowest BCUT2D eigenvalue weighted by molar-refractivity contribution is 0.151. The second-order valence-corrected chi connectivity index (χ2v) is 44.9. The van der Waals surface area contributed by atoms with Crippen LogP contribution in [-0.2, 0) is 4.74 Å². The monoisotopic (exact) mass is 732 g/mol. The Labute approximate surface area is 209 Å². The predicted molar refractivity (Wildman–Crippen MR) is 152 cm³/mol. The Morgan fingerprint density at radius 1 is 0.630 bits per heavy atom. The van der Waals surface area contributed by atoms with Gasteiger partial charge in [0.2, 0.25) is 0 Å². The number of hydrogen-bond donors (Lipinski definition) is 0. The lowest BCUT2D eigenvalue weighted by Gasteiger charge is -2.08. The minimum Gasteiger partial charge on any atom is -0.377 e. The molecule has 0 heterocycles. The van der Waals surface area contributed by atoms with E-state index >= 15 is 0 Å². The van der Waals surface area contributed by atoms with Crippen molar-refractivity contribution in [2.45, 2.75) is 116 Å². The van der Waals surface area contributed by atoms with Gasteiger partial charge in [0.15, 0.2) is 0 Å². The van der Waals surface area contributed by atoms with Crippen LogP contribution < -0.4 is 0 Å². The zero-order valence-corrected chi connectivity index (χ0v) is 25.2. The highest BCUT2D eigenvalue weighted by atomic mass is 127. The summed E-state index contributed by atoms with van der Waals surface area (Å²) in [6, 6.07) is 1.48. The van der Waals surface area contributed by atoms with E-state index < -0.39 is 0.564 Å². The molecule has 0 aromatic rings. The van der Waals surface area contributed by atoms with Crippen molar-refractivity contribution in [3.8, 4) is 0 Å². The molecule has 0 aromatic heterocycles. The van der Waals surface area contributed by atoms with E-state index in [1.807, 2.05) is 6.92 Å². The van der Waals surface area contributed by atoms with E-state index in [4.69, 9.17) is 4.74 Å². The molecule has 162 valence electrons. The van der Waals surface area contributed by atoms with E-state index in [0.717, 1.165) is 18.8 Å². The van der Waals surface area contributed by atoms with Gasteiger partial charge in [-0.3, -0.25) is 0 Å². The summed E-state index contributed by atoms with van der Waals surface area (Å²) in [5.41, 5.74) is 1.13. The summed E-state index contributed by atoms with van der Waals surface area (Å²) >= 11 is 8.07. The summed E-state index contributed by atoms with van der Waals surface area (Å²) in [5.74, 6) is 0. The lowest BCUT2D eigenvalue weighted by Crippen LogP contribution is -2.03. The topological polar surface area (TPSA) is 9.23 Å². The first-order valence-electron chi connectivity index (χ1n) is 11.2. The zero-order valence-electron chi connectivity index (χ0n) is 17.7. The van der Waals surface area contributed by atoms with E-state index in [9.17, 15) is 0 Å². The molecule has 0 atom stereocenters. The minimum atomic E-state index is -0.871. The SMILES string of the molecule is C=C(C)COCCCCCCCCCCCCCCCCCC[Si](I)(I)I. The van der Waals surface area contributed by atoms with E-state index in [2.05, 4.69) is 72.0 Å². The standard InChI is InChI=1S/C22H43I3OSi/c1-22(2)21-26-19-17-15-13-11-9-7-5-3-4-6-8-10-12-14-16-18-20-27(23,24)25/h1,3-21H2,2H3. The Morgan fingerprint density at radius 2 is 0.963 bits per heavy atom. The van der Waals surface area contributed by atoms with Gasteiger partial charge in [0.1, 0.15) is 0 Å². The summed E-state index contributed by atoms with van der Waals surface area (Å²) in [6.45, 7) is 7.52. The van der Waals surface area contributed by atoms with Crippen molar-refractivity contribution >= 4 is 66.0 Å². The molecule has 0 unspecified atom stereocenters. The first-order valence-corrected chi connectivity index (χ1v) is 22.8. The molecule has 0 aromatic carbocycles. The number of hydrogen-bond acceptors (Lipinski definition) is 1. The smallest absolute Gasteiger partial charge is 0.253 e. The van der Waals surface area contributed by atoms with Crippen LogP contribution in [0.2, 0.25) is 6.04 Å². The van der Waals surface area contributed by atoms with Crippen molar-refractivity contribution in [3.05, 3.63) is 12.2 Å². The molecule has 0 saturated heterocycles. The third kappa shape index (κ3) is 28.1. The van der Waals surface area contributed by atoms with Gasteiger partial charge in [-0.25, -0.2) is 0 Å². The molecule has 5 heteroatoms. The maximum absolute atomic E-state index is 5.53. The normalized spacial score (nSPS) is 11.9. The third-order valence-corrected chi connectivity index (χ3v) is 10.6. The predicted octanol–water partition coefficient (Wildman–Crippen LogP) is 10.1. The minimum absolute atomic E-state index is 0.734. The average molecular weight is 732 g/mol. The van der Waals surface area contributed by atoms with Gasteiger partial charge in [0, 0.05) is 6.61 Å². The van der Waals surface area contributed by atoms with Gasteiger partial charge in [-0.05, 0) is 19.4 Å². The van der Waals surface area contributed by atoms with E-state index in [1.165, 1.54) is 109 Å². The highest BCUT2D eigenvalue weighted by molar-refractivity contribution is 14.4. The van der Waals surface area contributed by atoms with Crippen molar-refractivity contribution in [3.63, 3.8) is 0 Å². The highest BCUT2D eigenvalue weighted by Gasteiger charge is 2.19. The Morgan fingerprint density at radius 3 is 1.30 bits per heavy atom. The van der Waals surface area contributed by atoms with Crippen LogP contribution >= 0.6 is 65.4 Å². The number of ether oxygens (including phenoxy) is 1. The highest BCUT2D eigenvalue weighted by Crippen LogP contribution is 2.35. The lowest BCUT2D eigenvalue weighted by atomic mass is 10.0. The quantitative estimate of drug-likeness (QED) is 0.0376. The molecule has 0 radical (unpaired) electrons. The Bertz CT molecular complexity index is 332. The third-order valence-electron chi connectivity index (χ3n) is 4.85.